The van der Waals surface area contributed by atoms with E-state index in [-0.39, 0.29) is 12.5 Å². The third kappa shape index (κ3) is 3.65. The predicted octanol–water partition coefficient (Wildman–Crippen LogP) is 2.29. The molecule has 0 radical (unpaired) electrons. The molecule has 0 atom stereocenters. The van der Waals surface area contributed by atoms with E-state index in [9.17, 15) is 4.79 Å². The van der Waals surface area contributed by atoms with Crippen molar-refractivity contribution in [3.8, 4) is 11.5 Å². The van der Waals surface area contributed by atoms with Gasteiger partial charge in [0.25, 0.3) is 5.91 Å². The second-order valence-corrected chi connectivity index (χ2v) is 4.11. The van der Waals surface area contributed by atoms with Gasteiger partial charge in [0.2, 0.25) is 0 Å². The highest BCUT2D eigenvalue weighted by atomic mass is 16.5. The van der Waals surface area contributed by atoms with Crippen LogP contribution in [0.3, 0.4) is 0 Å². The van der Waals surface area contributed by atoms with E-state index >= 15 is 0 Å². The number of nitrogens with two attached hydrogens (primary N) is 1. The van der Waals surface area contributed by atoms with E-state index in [1.807, 2.05) is 18.2 Å². The van der Waals surface area contributed by atoms with Crippen molar-refractivity contribution in [3.63, 3.8) is 0 Å². The number of methoxy groups -OCH3 is 1. The summed E-state index contributed by atoms with van der Waals surface area (Å²) in [6.07, 6.45) is 0. The van der Waals surface area contributed by atoms with Gasteiger partial charge in [0.05, 0.1) is 12.8 Å². The summed E-state index contributed by atoms with van der Waals surface area (Å²) in [5.74, 6) is 0.921. The fourth-order valence-corrected chi connectivity index (χ4v) is 1.65. The lowest BCUT2D eigenvalue weighted by Crippen LogP contribution is -2.20. The summed E-state index contributed by atoms with van der Waals surface area (Å²) in [6, 6.07) is 14.2. The van der Waals surface area contributed by atoms with Gasteiger partial charge >= 0.3 is 0 Å². The van der Waals surface area contributed by atoms with E-state index in [4.69, 9.17) is 15.2 Å². The topological polar surface area (TPSA) is 73.6 Å². The van der Waals surface area contributed by atoms with Crippen molar-refractivity contribution in [2.75, 3.05) is 24.8 Å². The molecule has 0 saturated heterocycles. The first-order chi connectivity index (χ1) is 9.69. The standard InChI is InChI=1S/C15H16N2O3/c1-19-14-9-11(7-8-13(14)16)17-15(18)10-20-12-5-3-2-4-6-12/h2-9H,10,16H2,1H3,(H,17,18). The Hall–Kier alpha value is -2.69. The van der Waals surface area contributed by atoms with Gasteiger partial charge in [-0.2, -0.15) is 0 Å². The molecule has 0 unspecified atom stereocenters. The molecule has 0 aromatic heterocycles. The molecule has 1 amide bonds. The number of hydrogen-bond acceptors (Lipinski definition) is 4. The largest absolute Gasteiger partial charge is 0.495 e. The number of nitrogen functional groups attached to an aromatic ring is 1. The van der Waals surface area contributed by atoms with Gasteiger partial charge in [0.1, 0.15) is 11.5 Å². The molecular weight excluding hydrogens is 256 g/mol. The van der Waals surface area contributed by atoms with Gasteiger partial charge in [0.15, 0.2) is 6.61 Å². The maximum absolute atomic E-state index is 11.8. The SMILES string of the molecule is COc1cc(NC(=O)COc2ccccc2)ccc1N. The fraction of sp³-hybridized carbons (Fsp3) is 0.133. The Kier molecular flexibility index (Phi) is 4.44. The Bertz CT molecular complexity index is 585. The van der Waals surface area contributed by atoms with Gasteiger partial charge in [-0.25, -0.2) is 0 Å². The predicted molar refractivity (Wildman–Crippen MR) is 78.0 cm³/mol. The second kappa shape index (κ2) is 6.47. The van der Waals surface area contributed by atoms with Crippen molar-refractivity contribution < 1.29 is 14.3 Å². The molecule has 0 aliphatic rings. The molecule has 5 nitrogen and oxygen atoms in total. The number of nitrogens with one attached hydrogen (secondary N) is 1. The first-order valence-electron chi connectivity index (χ1n) is 6.10. The average Bonchev–Trinajstić information content (AvgIpc) is 2.48. The fourth-order valence-electron chi connectivity index (χ4n) is 1.65. The Morgan fingerprint density at radius 3 is 2.65 bits per heavy atom. The summed E-state index contributed by atoms with van der Waals surface area (Å²) in [6.45, 7) is -0.0588. The number of hydrogen-bond donors (Lipinski definition) is 2. The van der Waals surface area contributed by atoms with Gasteiger partial charge < -0.3 is 20.5 Å². The van der Waals surface area contributed by atoms with Crippen LogP contribution >= 0.6 is 0 Å². The minimum Gasteiger partial charge on any atom is -0.495 e. The number of benzene rings is 2. The maximum Gasteiger partial charge on any atom is 0.262 e. The molecule has 20 heavy (non-hydrogen) atoms. The lowest BCUT2D eigenvalue weighted by atomic mass is 10.2. The van der Waals surface area contributed by atoms with E-state index in [0.717, 1.165) is 0 Å². The van der Waals surface area contributed by atoms with Crippen molar-refractivity contribution in [2.24, 2.45) is 0 Å². The van der Waals surface area contributed by atoms with Crippen LogP contribution in [0.15, 0.2) is 48.5 Å². The lowest BCUT2D eigenvalue weighted by Gasteiger charge is -2.10. The molecule has 2 aromatic rings. The number of anilines is 2. The Morgan fingerprint density at radius 1 is 1.20 bits per heavy atom. The van der Waals surface area contributed by atoms with Crippen LogP contribution in [0.1, 0.15) is 0 Å². The van der Waals surface area contributed by atoms with Crippen LogP contribution in [0.25, 0.3) is 0 Å². The van der Waals surface area contributed by atoms with E-state index in [0.29, 0.717) is 22.9 Å². The second-order valence-electron chi connectivity index (χ2n) is 4.11. The molecule has 0 bridgehead atoms. The summed E-state index contributed by atoms with van der Waals surface area (Å²) < 4.78 is 10.4. The molecule has 5 heteroatoms. The molecule has 0 saturated carbocycles. The van der Waals surface area contributed by atoms with Crippen molar-refractivity contribution in [2.45, 2.75) is 0 Å². The normalized spacial score (nSPS) is 9.85. The van der Waals surface area contributed by atoms with Crippen LogP contribution in [-0.4, -0.2) is 19.6 Å². The maximum atomic E-state index is 11.8. The molecule has 0 spiro atoms. The average molecular weight is 272 g/mol. The zero-order valence-corrected chi connectivity index (χ0v) is 11.1. The minimum absolute atomic E-state index is 0.0588. The van der Waals surface area contributed by atoms with E-state index in [1.165, 1.54) is 7.11 Å². The van der Waals surface area contributed by atoms with Crippen LogP contribution in [0.2, 0.25) is 0 Å². The molecule has 0 aliphatic heterocycles. The molecule has 3 N–H and O–H groups in total. The number of rotatable bonds is 5. The summed E-state index contributed by atoms with van der Waals surface area (Å²) in [5, 5.41) is 2.71. The summed E-state index contributed by atoms with van der Waals surface area (Å²) in [4.78, 5) is 11.8. The van der Waals surface area contributed by atoms with E-state index in [2.05, 4.69) is 5.32 Å². The van der Waals surface area contributed by atoms with Crippen molar-refractivity contribution in [3.05, 3.63) is 48.5 Å². The quantitative estimate of drug-likeness (QED) is 0.819. The van der Waals surface area contributed by atoms with Crippen molar-refractivity contribution in [1.29, 1.82) is 0 Å². The first kappa shape index (κ1) is 13.7. The highest BCUT2D eigenvalue weighted by Gasteiger charge is 2.06. The Morgan fingerprint density at radius 2 is 1.95 bits per heavy atom. The Balaban J connectivity index is 1.91. The molecule has 104 valence electrons. The summed E-state index contributed by atoms with van der Waals surface area (Å²) >= 11 is 0. The third-order valence-corrected chi connectivity index (χ3v) is 2.63. The van der Waals surface area contributed by atoms with Crippen LogP contribution in [-0.2, 0) is 4.79 Å². The lowest BCUT2D eigenvalue weighted by molar-refractivity contribution is -0.118. The van der Waals surface area contributed by atoms with E-state index < -0.39 is 0 Å². The van der Waals surface area contributed by atoms with Crippen LogP contribution in [0.4, 0.5) is 11.4 Å². The van der Waals surface area contributed by atoms with E-state index in [1.54, 1.807) is 30.3 Å². The zero-order chi connectivity index (χ0) is 14.4. The van der Waals surface area contributed by atoms with Crippen LogP contribution < -0.4 is 20.5 Å². The van der Waals surface area contributed by atoms with Crippen molar-refractivity contribution in [1.82, 2.24) is 0 Å². The molecule has 2 rings (SSSR count). The summed E-state index contributed by atoms with van der Waals surface area (Å²) in [7, 11) is 1.52. The van der Waals surface area contributed by atoms with Crippen LogP contribution in [0, 0.1) is 0 Å². The van der Waals surface area contributed by atoms with Crippen LogP contribution in [0.5, 0.6) is 11.5 Å². The Labute approximate surface area is 117 Å². The number of carbonyl (C=O) groups is 1. The highest BCUT2D eigenvalue weighted by molar-refractivity contribution is 5.92. The highest BCUT2D eigenvalue weighted by Crippen LogP contribution is 2.24. The first-order valence-corrected chi connectivity index (χ1v) is 6.10. The van der Waals surface area contributed by atoms with Gasteiger partial charge in [-0.15, -0.1) is 0 Å². The van der Waals surface area contributed by atoms with Gasteiger partial charge in [-0.05, 0) is 24.3 Å². The van der Waals surface area contributed by atoms with Gasteiger partial charge in [-0.3, -0.25) is 4.79 Å². The molecule has 0 aliphatic carbocycles. The molecule has 2 aromatic carbocycles. The third-order valence-electron chi connectivity index (χ3n) is 2.63. The smallest absolute Gasteiger partial charge is 0.262 e. The monoisotopic (exact) mass is 272 g/mol. The van der Waals surface area contributed by atoms with Gasteiger partial charge in [-0.1, -0.05) is 18.2 Å². The molecular formula is C15H16N2O3. The summed E-state index contributed by atoms with van der Waals surface area (Å²) in [5.41, 5.74) is 6.83. The molecule has 0 fully saturated rings. The number of para-hydroxylation sites is 1. The van der Waals surface area contributed by atoms with Crippen molar-refractivity contribution >= 4 is 17.3 Å². The zero-order valence-electron chi connectivity index (χ0n) is 11.1. The minimum atomic E-state index is -0.249. The van der Waals surface area contributed by atoms with Gasteiger partial charge in [0, 0.05) is 11.8 Å². The number of ether oxygens (including phenoxy) is 2. The number of amides is 1. The molecule has 0 heterocycles. The number of carbonyl (C=O) groups excluding carboxylic acids is 1.